The van der Waals surface area contributed by atoms with Gasteiger partial charge in [-0.15, -0.1) is 0 Å². The minimum Gasteiger partial charge on any atom is -0.457 e. The summed E-state index contributed by atoms with van der Waals surface area (Å²) in [5.74, 6) is -1.29. The number of esters is 1. The van der Waals surface area contributed by atoms with E-state index < -0.39 is 11.9 Å². The van der Waals surface area contributed by atoms with Crippen LogP contribution in [0, 0.1) is 0 Å². The summed E-state index contributed by atoms with van der Waals surface area (Å²) in [7, 11) is 0. The van der Waals surface area contributed by atoms with Gasteiger partial charge >= 0.3 is 5.97 Å². The number of para-hydroxylation sites is 1. The number of hydrogen-bond donors (Lipinski definition) is 2. The van der Waals surface area contributed by atoms with Gasteiger partial charge in [-0.2, -0.15) is 0 Å². The first-order chi connectivity index (χ1) is 13.5. The smallest absolute Gasteiger partial charge is 0.338 e. The van der Waals surface area contributed by atoms with Gasteiger partial charge in [0.15, 0.2) is 0 Å². The van der Waals surface area contributed by atoms with Gasteiger partial charge in [0.1, 0.15) is 6.61 Å². The van der Waals surface area contributed by atoms with Gasteiger partial charge in [0.2, 0.25) is 5.91 Å². The molecule has 3 rings (SSSR count). The Morgan fingerprint density at radius 3 is 1.93 bits per heavy atom. The van der Waals surface area contributed by atoms with Crippen molar-refractivity contribution in [3.8, 4) is 0 Å². The number of rotatable bonds is 6. The molecule has 0 unspecified atom stereocenters. The van der Waals surface area contributed by atoms with E-state index >= 15 is 0 Å². The van der Waals surface area contributed by atoms with Gasteiger partial charge in [-0.3, -0.25) is 9.59 Å². The van der Waals surface area contributed by atoms with E-state index in [4.69, 9.17) is 10.5 Å². The van der Waals surface area contributed by atoms with E-state index in [1.165, 1.54) is 24.3 Å². The maximum atomic E-state index is 12.2. The molecule has 0 radical (unpaired) electrons. The van der Waals surface area contributed by atoms with Gasteiger partial charge in [-0.05, 0) is 54.1 Å². The summed E-state index contributed by atoms with van der Waals surface area (Å²) in [6, 6.07) is 21.9. The van der Waals surface area contributed by atoms with E-state index in [0.717, 1.165) is 5.56 Å². The molecule has 0 saturated heterocycles. The fourth-order valence-corrected chi connectivity index (χ4v) is 2.48. The molecule has 6 heteroatoms. The summed E-state index contributed by atoms with van der Waals surface area (Å²) in [6.45, 7) is 0.0665. The van der Waals surface area contributed by atoms with E-state index in [9.17, 15) is 14.4 Å². The van der Waals surface area contributed by atoms with Crippen LogP contribution in [0.5, 0.6) is 0 Å². The highest BCUT2D eigenvalue weighted by atomic mass is 16.5. The number of amides is 2. The molecule has 0 aliphatic heterocycles. The van der Waals surface area contributed by atoms with E-state index in [1.807, 2.05) is 30.3 Å². The minimum absolute atomic E-state index is 0.0665. The van der Waals surface area contributed by atoms with Gasteiger partial charge in [-0.25, -0.2) is 4.79 Å². The number of ether oxygens (including phenoxy) is 1. The number of anilines is 1. The van der Waals surface area contributed by atoms with Crippen LogP contribution in [0.15, 0.2) is 78.9 Å². The summed E-state index contributed by atoms with van der Waals surface area (Å²) < 4.78 is 5.25. The lowest BCUT2D eigenvalue weighted by atomic mass is 10.1. The number of benzene rings is 3. The topological polar surface area (TPSA) is 98.5 Å². The SMILES string of the molecule is NC(=O)c1ccc(C(=O)OCc2ccc(C(=O)Nc3ccccc3)cc2)cc1. The van der Waals surface area contributed by atoms with E-state index in [-0.39, 0.29) is 12.5 Å². The number of primary amides is 1. The van der Waals surface area contributed by atoms with Crippen LogP contribution in [0.1, 0.15) is 36.6 Å². The zero-order valence-corrected chi connectivity index (χ0v) is 14.9. The Morgan fingerprint density at radius 2 is 1.32 bits per heavy atom. The molecular formula is C22H18N2O4. The van der Waals surface area contributed by atoms with Gasteiger partial charge < -0.3 is 15.8 Å². The molecular weight excluding hydrogens is 356 g/mol. The average Bonchev–Trinajstić information content (AvgIpc) is 2.73. The predicted octanol–water partition coefficient (Wildman–Crippen LogP) is 3.39. The Morgan fingerprint density at radius 1 is 0.750 bits per heavy atom. The van der Waals surface area contributed by atoms with Crippen LogP contribution < -0.4 is 11.1 Å². The van der Waals surface area contributed by atoms with Crippen LogP contribution in [0.4, 0.5) is 5.69 Å². The molecule has 3 aromatic rings. The van der Waals surface area contributed by atoms with E-state index in [1.54, 1.807) is 24.3 Å². The number of hydrogen-bond acceptors (Lipinski definition) is 4. The maximum absolute atomic E-state index is 12.2. The number of nitrogens with two attached hydrogens (primary N) is 1. The zero-order chi connectivity index (χ0) is 19.9. The third-order valence-corrected chi connectivity index (χ3v) is 4.02. The Kier molecular flexibility index (Phi) is 5.81. The highest BCUT2D eigenvalue weighted by Gasteiger charge is 2.10. The molecule has 6 nitrogen and oxygen atoms in total. The third-order valence-electron chi connectivity index (χ3n) is 4.02. The molecule has 3 aromatic carbocycles. The highest BCUT2D eigenvalue weighted by Crippen LogP contribution is 2.12. The van der Waals surface area contributed by atoms with Crippen molar-refractivity contribution in [3.05, 3.63) is 101 Å². The van der Waals surface area contributed by atoms with Gasteiger partial charge in [-0.1, -0.05) is 30.3 Å². The first kappa shape index (κ1) is 18.8. The second kappa shape index (κ2) is 8.64. The molecule has 3 N–H and O–H groups in total. The number of carbonyl (C=O) groups is 3. The van der Waals surface area contributed by atoms with Crippen LogP contribution in [-0.2, 0) is 11.3 Å². The predicted molar refractivity (Wildman–Crippen MR) is 105 cm³/mol. The van der Waals surface area contributed by atoms with Crippen LogP contribution in [0.2, 0.25) is 0 Å². The van der Waals surface area contributed by atoms with Crippen molar-refractivity contribution in [2.45, 2.75) is 6.61 Å². The minimum atomic E-state index is -0.559. The Balaban J connectivity index is 1.56. The highest BCUT2D eigenvalue weighted by molar-refractivity contribution is 6.04. The van der Waals surface area contributed by atoms with Crippen LogP contribution in [0.3, 0.4) is 0 Å². The Labute approximate surface area is 161 Å². The first-order valence-corrected chi connectivity index (χ1v) is 8.55. The van der Waals surface area contributed by atoms with Gasteiger partial charge in [0, 0.05) is 16.8 Å². The molecule has 0 saturated carbocycles. The second-order valence-electron chi connectivity index (χ2n) is 6.03. The van der Waals surface area contributed by atoms with Crippen LogP contribution >= 0.6 is 0 Å². The maximum Gasteiger partial charge on any atom is 0.338 e. The monoisotopic (exact) mass is 374 g/mol. The fraction of sp³-hybridized carbons (Fsp3) is 0.0455. The van der Waals surface area contributed by atoms with Crippen molar-refractivity contribution in [1.29, 1.82) is 0 Å². The standard InChI is InChI=1S/C22H18N2O4/c23-20(25)16-10-12-18(13-11-16)22(27)28-14-15-6-8-17(9-7-15)21(26)24-19-4-2-1-3-5-19/h1-13H,14H2,(H2,23,25)(H,24,26). The third kappa shape index (κ3) is 4.82. The second-order valence-corrected chi connectivity index (χ2v) is 6.03. The first-order valence-electron chi connectivity index (χ1n) is 8.55. The van der Waals surface area contributed by atoms with Gasteiger partial charge in [0.25, 0.3) is 5.91 Å². The molecule has 2 amide bonds. The van der Waals surface area contributed by atoms with E-state index in [0.29, 0.717) is 22.4 Å². The largest absolute Gasteiger partial charge is 0.457 e. The quantitative estimate of drug-likeness (QED) is 0.646. The lowest BCUT2D eigenvalue weighted by Gasteiger charge is -2.07. The summed E-state index contributed by atoms with van der Waals surface area (Å²) in [4.78, 5) is 35.3. The molecule has 28 heavy (non-hydrogen) atoms. The normalized spacial score (nSPS) is 10.1. The molecule has 0 aliphatic rings. The fourth-order valence-electron chi connectivity index (χ4n) is 2.48. The molecule has 0 spiro atoms. The molecule has 0 fully saturated rings. The zero-order valence-electron chi connectivity index (χ0n) is 14.9. The lowest BCUT2D eigenvalue weighted by Crippen LogP contribution is -2.12. The molecule has 140 valence electrons. The molecule has 0 atom stereocenters. The summed E-state index contributed by atoms with van der Waals surface area (Å²) in [5, 5.41) is 2.80. The molecule has 0 bridgehead atoms. The lowest BCUT2D eigenvalue weighted by molar-refractivity contribution is 0.0472. The van der Waals surface area contributed by atoms with Gasteiger partial charge in [0.05, 0.1) is 5.56 Å². The molecule has 0 aliphatic carbocycles. The molecule has 0 aromatic heterocycles. The van der Waals surface area contributed by atoms with Crippen LogP contribution in [0.25, 0.3) is 0 Å². The summed E-state index contributed by atoms with van der Waals surface area (Å²) in [5.41, 5.74) is 7.78. The van der Waals surface area contributed by atoms with Crippen LogP contribution in [-0.4, -0.2) is 17.8 Å². The molecule has 0 heterocycles. The number of carbonyl (C=O) groups excluding carboxylic acids is 3. The van der Waals surface area contributed by atoms with Crippen molar-refractivity contribution in [2.75, 3.05) is 5.32 Å². The average molecular weight is 374 g/mol. The van der Waals surface area contributed by atoms with Crippen molar-refractivity contribution < 1.29 is 19.1 Å². The Bertz CT molecular complexity index is 981. The van der Waals surface area contributed by atoms with Crippen molar-refractivity contribution in [2.24, 2.45) is 5.73 Å². The van der Waals surface area contributed by atoms with E-state index in [2.05, 4.69) is 5.32 Å². The summed E-state index contributed by atoms with van der Waals surface area (Å²) in [6.07, 6.45) is 0. The van der Waals surface area contributed by atoms with Crippen molar-refractivity contribution in [1.82, 2.24) is 0 Å². The Hall–Kier alpha value is -3.93. The van der Waals surface area contributed by atoms with Crippen molar-refractivity contribution >= 4 is 23.5 Å². The van der Waals surface area contributed by atoms with Crippen molar-refractivity contribution in [3.63, 3.8) is 0 Å². The number of nitrogens with one attached hydrogen (secondary N) is 1. The summed E-state index contributed by atoms with van der Waals surface area (Å²) >= 11 is 0.